The molecule has 0 spiro atoms. The molecular weight excluding hydrogens is 338 g/mol. The van der Waals surface area contributed by atoms with Gasteiger partial charge in [0.1, 0.15) is 5.01 Å². The van der Waals surface area contributed by atoms with E-state index in [0.717, 1.165) is 21.4 Å². The number of ether oxygens (including phenoxy) is 1. The number of nitrogens with zero attached hydrogens (tertiary/aromatic N) is 4. The summed E-state index contributed by atoms with van der Waals surface area (Å²) in [5.41, 5.74) is 2.12. The maximum Gasteiger partial charge on any atom is 0.255 e. The Hall–Kier alpha value is -1.87. The van der Waals surface area contributed by atoms with Crippen molar-refractivity contribution in [1.29, 1.82) is 0 Å². The standard InChI is InChI=1S/C15H16F2N4O2S/c1-8-11(21-14(18-8)24-12(19-21)7-23-2)6-20-5-9(3-13(20)22)10-4-15(10,16)17/h3,10H,4-7H2,1-2H3/t10-/m1/s1. The normalized spacial score (nSPS) is 22.5. The smallest absolute Gasteiger partial charge is 0.255 e. The molecule has 1 aliphatic heterocycles. The largest absolute Gasteiger partial charge is 0.377 e. The molecule has 9 heteroatoms. The molecule has 6 nitrogen and oxygen atoms in total. The number of fused-ring (bicyclic) bond motifs is 1. The van der Waals surface area contributed by atoms with Crippen molar-refractivity contribution in [1.82, 2.24) is 19.5 Å². The zero-order chi connectivity index (χ0) is 17.1. The molecule has 0 bridgehead atoms. The van der Waals surface area contributed by atoms with Crippen molar-refractivity contribution < 1.29 is 18.3 Å². The van der Waals surface area contributed by atoms with Gasteiger partial charge in [-0.2, -0.15) is 5.10 Å². The van der Waals surface area contributed by atoms with Crippen LogP contribution in [0.1, 0.15) is 22.8 Å². The lowest BCUT2D eigenvalue weighted by atomic mass is 10.2. The lowest BCUT2D eigenvalue weighted by Gasteiger charge is -2.16. The summed E-state index contributed by atoms with van der Waals surface area (Å²) in [5, 5.41) is 5.25. The van der Waals surface area contributed by atoms with Crippen LogP contribution in [0.5, 0.6) is 0 Å². The molecule has 2 aromatic rings. The van der Waals surface area contributed by atoms with Gasteiger partial charge >= 0.3 is 0 Å². The third-order valence-electron chi connectivity index (χ3n) is 4.41. The van der Waals surface area contributed by atoms with Crippen LogP contribution in [0.25, 0.3) is 4.96 Å². The average Bonchev–Trinajstić information content (AvgIpc) is 2.79. The summed E-state index contributed by atoms with van der Waals surface area (Å²) in [6.45, 7) is 2.81. The second-order valence-corrected chi connectivity index (χ2v) is 7.24. The fourth-order valence-electron chi connectivity index (χ4n) is 3.03. The van der Waals surface area contributed by atoms with Crippen LogP contribution in [-0.4, -0.2) is 45.0 Å². The molecule has 24 heavy (non-hydrogen) atoms. The molecule has 0 aromatic carbocycles. The average molecular weight is 354 g/mol. The number of amides is 1. The molecule has 1 aliphatic carbocycles. The minimum Gasteiger partial charge on any atom is -0.377 e. The molecule has 0 N–H and O–H groups in total. The topological polar surface area (TPSA) is 59.7 Å². The number of halogens is 2. The summed E-state index contributed by atoms with van der Waals surface area (Å²) < 4.78 is 33.2. The molecule has 1 atom stereocenters. The van der Waals surface area contributed by atoms with Crippen molar-refractivity contribution >= 4 is 22.2 Å². The summed E-state index contributed by atoms with van der Waals surface area (Å²) in [6.07, 6.45) is 1.21. The van der Waals surface area contributed by atoms with E-state index in [-0.39, 0.29) is 18.9 Å². The first-order chi connectivity index (χ1) is 11.4. The van der Waals surface area contributed by atoms with Gasteiger partial charge in [0.05, 0.1) is 30.5 Å². The van der Waals surface area contributed by atoms with Crippen LogP contribution >= 0.6 is 11.3 Å². The van der Waals surface area contributed by atoms with E-state index >= 15 is 0 Å². The van der Waals surface area contributed by atoms with Gasteiger partial charge in [-0.1, -0.05) is 11.3 Å². The number of carbonyl (C=O) groups excluding carboxylic acids is 1. The van der Waals surface area contributed by atoms with Crippen LogP contribution in [0.15, 0.2) is 11.6 Å². The maximum atomic E-state index is 13.2. The quantitative estimate of drug-likeness (QED) is 0.826. The number of hydrogen-bond donors (Lipinski definition) is 0. The van der Waals surface area contributed by atoms with Crippen molar-refractivity contribution in [3.8, 4) is 0 Å². The molecule has 0 saturated heterocycles. The van der Waals surface area contributed by atoms with Crippen molar-refractivity contribution in [2.24, 2.45) is 5.92 Å². The van der Waals surface area contributed by atoms with Crippen LogP contribution in [0.4, 0.5) is 8.78 Å². The molecule has 3 heterocycles. The van der Waals surface area contributed by atoms with Gasteiger partial charge in [0.2, 0.25) is 10.9 Å². The molecule has 4 rings (SSSR count). The second kappa shape index (κ2) is 5.32. The zero-order valence-corrected chi connectivity index (χ0v) is 14.1. The van der Waals surface area contributed by atoms with Crippen LogP contribution in [0, 0.1) is 12.8 Å². The van der Waals surface area contributed by atoms with Crippen molar-refractivity contribution in [2.75, 3.05) is 13.7 Å². The van der Waals surface area contributed by atoms with Gasteiger partial charge in [-0.15, -0.1) is 0 Å². The zero-order valence-electron chi connectivity index (χ0n) is 13.3. The molecule has 0 radical (unpaired) electrons. The molecular formula is C15H16F2N4O2S. The summed E-state index contributed by atoms with van der Waals surface area (Å²) >= 11 is 1.43. The Morgan fingerprint density at radius 2 is 2.25 bits per heavy atom. The van der Waals surface area contributed by atoms with E-state index in [1.54, 1.807) is 16.5 Å². The van der Waals surface area contributed by atoms with Crippen LogP contribution < -0.4 is 0 Å². The molecule has 0 unspecified atom stereocenters. The Labute approximate surface area is 140 Å². The number of imidazole rings is 1. The SMILES string of the molecule is COCc1nn2c(CN3CC([C@H]4CC4(F)F)=CC3=O)c(C)nc2s1. The summed E-state index contributed by atoms with van der Waals surface area (Å²) in [7, 11) is 1.60. The van der Waals surface area contributed by atoms with E-state index < -0.39 is 11.8 Å². The van der Waals surface area contributed by atoms with Crippen LogP contribution in [0.3, 0.4) is 0 Å². The van der Waals surface area contributed by atoms with Crippen molar-refractivity contribution in [3.63, 3.8) is 0 Å². The summed E-state index contributed by atoms with van der Waals surface area (Å²) in [6, 6.07) is 0. The Morgan fingerprint density at radius 1 is 1.50 bits per heavy atom. The highest BCUT2D eigenvalue weighted by atomic mass is 32.1. The Kier molecular flexibility index (Phi) is 3.47. The van der Waals surface area contributed by atoms with Gasteiger partial charge in [-0.3, -0.25) is 4.79 Å². The molecule has 2 aromatic heterocycles. The molecule has 1 amide bonds. The fraction of sp³-hybridized carbons (Fsp3) is 0.533. The Morgan fingerprint density at radius 3 is 2.92 bits per heavy atom. The maximum absolute atomic E-state index is 13.2. The van der Waals surface area contributed by atoms with Gasteiger partial charge in [0, 0.05) is 26.2 Å². The lowest BCUT2D eigenvalue weighted by molar-refractivity contribution is -0.125. The number of methoxy groups -OCH3 is 1. The van der Waals surface area contributed by atoms with E-state index in [2.05, 4.69) is 10.1 Å². The van der Waals surface area contributed by atoms with Gasteiger partial charge in [0.25, 0.3) is 5.92 Å². The number of aromatic nitrogens is 3. The highest BCUT2D eigenvalue weighted by molar-refractivity contribution is 7.16. The van der Waals surface area contributed by atoms with E-state index in [9.17, 15) is 13.6 Å². The Balaban J connectivity index is 1.54. The predicted molar refractivity (Wildman–Crippen MR) is 82.9 cm³/mol. The van der Waals surface area contributed by atoms with E-state index in [1.807, 2.05) is 6.92 Å². The summed E-state index contributed by atoms with van der Waals surface area (Å²) in [4.78, 5) is 18.9. The first-order valence-electron chi connectivity index (χ1n) is 7.59. The molecule has 1 fully saturated rings. The first kappa shape index (κ1) is 15.6. The highest BCUT2D eigenvalue weighted by Crippen LogP contribution is 2.53. The van der Waals surface area contributed by atoms with E-state index in [4.69, 9.17) is 4.74 Å². The number of aryl methyl sites for hydroxylation is 1. The fourth-order valence-corrected chi connectivity index (χ4v) is 3.96. The van der Waals surface area contributed by atoms with Gasteiger partial charge in [-0.25, -0.2) is 18.3 Å². The van der Waals surface area contributed by atoms with Crippen LogP contribution in [-0.2, 0) is 22.7 Å². The van der Waals surface area contributed by atoms with Crippen molar-refractivity contribution in [3.05, 3.63) is 28.0 Å². The minimum atomic E-state index is -2.65. The van der Waals surface area contributed by atoms with Crippen molar-refractivity contribution in [2.45, 2.75) is 32.4 Å². The van der Waals surface area contributed by atoms with E-state index in [1.165, 1.54) is 17.4 Å². The molecule has 2 aliphatic rings. The number of rotatable bonds is 5. The first-order valence-corrected chi connectivity index (χ1v) is 8.41. The highest BCUT2D eigenvalue weighted by Gasteiger charge is 2.59. The van der Waals surface area contributed by atoms with Crippen LogP contribution in [0.2, 0.25) is 0 Å². The minimum absolute atomic E-state index is 0.150. The van der Waals surface area contributed by atoms with Gasteiger partial charge in [0.15, 0.2) is 0 Å². The molecule has 128 valence electrons. The predicted octanol–water partition coefficient (Wildman–Crippen LogP) is 2.17. The molecule has 1 saturated carbocycles. The second-order valence-electron chi connectivity index (χ2n) is 6.20. The number of alkyl halides is 2. The number of carbonyl (C=O) groups is 1. The summed E-state index contributed by atoms with van der Waals surface area (Å²) in [5.74, 6) is -3.65. The van der Waals surface area contributed by atoms with E-state index in [0.29, 0.717) is 18.7 Å². The lowest BCUT2D eigenvalue weighted by Crippen LogP contribution is -2.27. The van der Waals surface area contributed by atoms with Gasteiger partial charge in [-0.05, 0) is 12.5 Å². The monoisotopic (exact) mass is 354 g/mol. The number of hydrogen-bond acceptors (Lipinski definition) is 5. The third-order valence-corrected chi connectivity index (χ3v) is 5.30. The third kappa shape index (κ3) is 2.51. The van der Waals surface area contributed by atoms with Gasteiger partial charge < -0.3 is 9.64 Å². The Bertz CT molecular complexity index is 857.